The van der Waals surface area contributed by atoms with Crippen molar-refractivity contribution in [2.24, 2.45) is 14.1 Å². The Morgan fingerprint density at radius 1 is 1.42 bits per heavy atom. The van der Waals surface area contributed by atoms with E-state index in [2.05, 4.69) is 36.1 Å². The number of aromatic nitrogens is 5. The average molecular weight is 350 g/mol. The largest absolute Gasteiger partial charge is 0.384 e. The third-order valence-corrected chi connectivity index (χ3v) is 4.80. The maximum absolute atomic E-state index is 12.1. The smallest absolute Gasteiger partial charge is 0.260 e. The molecule has 3 N–H and O–H groups in total. The number of nitrogen functional groups attached to an aromatic ring is 1. The van der Waals surface area contributed by atoms with Crippen molar-refractivity contribution < 1.29 is 8.42 Å². The lowest BCUT2D eigenvalue weighted by atomic mass is 10.3. The molecule has 0 radical (unpaired) electrons. The Labute approximate surface area is 118 Å². The molecule has 0 fully saturated rings. The van der Waals surface area contributed by atoms with E-state index in [1.807, 2.05) is 0 Å². The Morgan fingerprint density at radius 2 is 2.11 bits per heavy atom. The Balaban J connectivity index is 2.22. The van der Waals surface area contributed by atoms with Crippen molar-refractivity contribution in [2.75, 3.05) is 5.73 Å². The van der Waals surface area contributed by atoms with E-state index in [-0.39, 0.29) is 16.2 Å². The first-order valence-electron chi connectivity index (χ1n) is 5.14. The van der Waals surface area contributed by atoms with E-state index in [1.165, 1.54) is 22.6 Å². The normalized spacial score (nSPS) is 11.9. The van der Waals surface area contributed by atoms with E-state index < -0.39 is 10.0 Å². The molecule has 0 unspecified atom stereocenters. The molecular formula is C8H12BrN7O2S. The van der Waals surface area contributed by atoms with Crippen LogP contribution in [0, 0.1) is 0 Å². The number of hydrogen-bond acceptors (Lipinski definition) is 6. The van der Waals surface area contributed by atoms with Crippen LogP contribution in [0.2, 0.25) is 0 Å². The van der Waals surface area contributed by atoms with Crippen molar-refractivity contribution in [3.8, 4) is 0 Å². The Morgan fingerprint density at radius 3 is 2.58 bits per heavy atom. The average Bonchev–Trinajstić information content (AvgIpc) is 2.82. The second-order valence-corrected chi connectivity index (χ2v) is 6.25. The molecule has 2 heterocycles. The van der Waals surface area contributed by atoms with Gasteiger partial charge < -0.3 is 5.73 Å². The van der Waals surface area contributed by atoms with Gasteiger partial charge in [0.05, 0.1) is 6.20 Å². The minimum atomic E-state index is -3.74. The zero-order chi connectivity index (χ0) is 14.2. The van der Waals surface area contributed by atoms with E-state index in [0.717, 1.165) is 0 Å². The molecule has 0 aliphatic carbocycles. The van der Waals surface area contributed by atoms with Crippen LogP contribution in [0.3, 0.4) is 0 Å². The third kappa shape index (κ3) is 2.62. The molecule has 2 aromatic rings. The van der Waals surface area contributed by atoms with Gasteiger partial charge in [0.1, 0.15) is 5.82 Å². The molecular weight excluding hydrogens is 338 g/mol. The third-order valence-electron chi connectivity index (χ3n) is 2.51. The molecule has 11 heteroatoms. The van der Waals surface area contributed by atoms with Crippen LogP contribution < -0.4 is 10.5 Å². The van der Waals surface area contributed by atoms with E-state index in [1.54, 1.807) is 7.05 Å². The molecule has 2 aromatic heterocycles. The molecule has 0 saturated heterocycles. The summed E-state index contributed by atoms with van der Waals surface area (Å²) in [6, 6.07) is 0. The molecule has 0 aromatic carbocycles. The van der Waals surface area contributed by atoms with Gasteiger partial charge in [0.15, 0.2) is 4.60 Å². The van der Waals surface area contributed by atoms with Gasteiger partial charge in [0.25, 0.3) is 10.0 Å². The van der Waals surface area contributed by atoms with Crippen LogP contribution in [0.1, 0.15) is 5.56 Å². The van der Waals surface area contributed by atoms with Gasteiger partial charge in [0.2, 0.25) is 5.03 Å². The summed E-state index contributed by atoms with van der Waals surface area (Å²) in [7, 11) is -0.569. The summed E-state index contributed by atoms with van der Waals surface area (Å²) < 4.78 is 29.4. The van der Waals surface area contributed by atoms with E-state index in [0.29, 0.717) is 11.4 Å². The molecule has 0 aliphatic rings. The van der Waals surface area contributed by atoms with Crippen LogP contribution in [0.25, 0.3) is 0 Å². The van der Waals surface area contributed by atoms with E-state index in [4.69, 9.17) is 5.73 Å². The lowest BCUT2D eigenvalue weighted by molar-refractivity contribution is 0.560. The van der Waals surface area contributed by atoms with Crippen molar-refractivity contribution in [3.63, 3.8) is 0 Å². The molecule has 0 amide bonds. The molecule has 0 spiro atoms. The molecule has 0 bridgehead atoms. The quantitative estimate of drug-likeness (QED) is 0.758. The lowest BCUT2D eigenvalue weighted by Gasteiger charge is -2.06. The minimum absolute atomic E-state index is 0.0413. The van der Waals surface area contributed by atoms with E-state index in [9.17, 15) is 8.42 Å². The van der Waals surface area contributed by atoms with Crippen LogP contribution in [0.4, 0.5) is 5.82 Å². The summed E-state index contributed by atoms with van der Waals surface area (Å²) >= 11 is 3.04. The molecule has 104 valence electrons. The fourth-order valence-corrected chi connectivity index (χ4v) is 3.57. The Hall–Kier alpha value is -1.46. The van der Waals surface area contributed by atoms with Crippen molar-refractivity contribution in [2.45, 2.75) is 11.6 Å². The first-order valence-corrected chi connectivity index (χ1v) is 7.41. The summed E-state index contributed by atoms with van der Waals surface area (Å²) in [5, 5.41) is 11.1. The van der Waals surface area contributed by atoms with Gasteiger partial charge in [-0.25, -0.2) is 17.8 Å². The van der Waals surface area contributed by atoms with Gasteiger partial charge >= 0.3 is 0 Å². The fraction of sp³-hybridized carbons (Fsp3) is 0.375. The highest BCUT2D eigenvalue weighted by Crippen LogP contribution is 2.18. The summed E-state index contributed by atoms with van der Waals surface area (Å²) in [6.45, 7) is 0.0413. The van der Waals surface area contributed by atoms with Crippen molar-refractivity contribution in [1.29, 1.82) is 0 Å². The first kappa shape index (κ1) is 14.0. The molecule has 0 saturated carbocycles. The zero-order valence-electron chi connectivity index (χ0n) is 10.2. The van der Waals surface area contributed by atoms with Gasteiger partial charge in [-0.1, -0.05) is 5.21 Å². The monoisotopic (exact) mass is 349 g/mol. The molecule has 9 nitrogen and oxygen atoms in total. The molecule has 2 rings (SSSR count). The maximum atomic E-state index is 12.1. The van der Waals surface area contributed by atoms with Gasteiger partial charge in [0, 0.05) is 26.2 Å². The predicted molar refractivity (Wildman–Crippen MR) is 70.3 cm³/mol. The van der Waals surface area contributed by atoms with E-state index >= 15 is 0 Å². The first-order chi connectivity index (χ1) is 8.83. The minimum Gasteiger partial charge on any atom is -0.384 e. The van der Waals surface area contributed by atoms with Crippen LogP contribution in [0.15, 0.2) is 15.8 Å². The SMILES string of the molecule is Cn1ncc(CNS(=O)(=O)c2c(Br)nnn2C)c1N. The van der Waals surface area contributed by atoms with Crippen molar-refractivity contribution in [3.05, 3.63) is 16.4 Å². The fourth-order valence-electron chi connectivity index (χ4n) is 1.48. The number of halogens is 1. The number of nitrogens with two attached hydrogens (primary N) is 1. The second kappa shape index (κ2) is 4.90. The summed E-state index contributed by atoms with van der Waals surface area (Å²) in [5.74, 6) is 0.407. The Bertz CT molecular complexity index is 685. The van der Waals surface area contributed by atoms with Crippen LogP contribution >= 0.6 is 15.9 Å². The van der Waals surface area contributed by atoms with Crippen LogP contribution in [-0.4, -0.2) is 33.2 Å². The Kier molecular flexibility index (Phi) is 3.60. The zero-order valence-corrected chi connectivity index (χ0v) is 12.6. The molecule has 0 atom stereocenters. The van der Waals surface area contributed by atoms with Crippen LogP contribution in [0.5, 0.6) is 0 Å². The number of rotatable bonds is 4. The van der Waals surface area contributed by atoms with Gasteiger partial charge in [-0.05, 0) is 15.9 Å². The van der Waals surface area contributed by atoms with Gasteiger partial charge in [-0.3, -0.25) is 4.68 Å². The highest BCUT2D eigenvalue weighted by atomic mass is 79.9. The molecule has 19 heavy (non-hydrogen) atoms. The highest BCUT2D eigenvalue weighted by molar-refractivity contribution is 9.10. The maximum Gasteiger partial charge on any atom is 0.260 e. The number of anilines is 1. The number of sulfonamides is 1. The number of hydrogen-bond donors (Lipinski definition) is 2. The van der Waals surface area contributed by atoms with Crippen molar-refractivity contribution >= 4 is 31.8 Å². The predicted octanol–water partition coefficient (Wildman–Crippen LogP) is -0.628. The highest BCUT2D eigenvalue weighted by Gasteiger charge is 2.24. The van der Waals surface area contributed by atoms with Gasteiger partial charge in [-0.2, -0.15) is 5.10 Å². The number of aryl methyl sites for hydroxylation is 2. The standard InChI is InChI=1S/C8H12BrN7O2S/c1-15-7(10)5(3-11-15)4-12-19(17,18)8-6(9)13-14-16(8)2/h3,12H,4,10H2,1-2H3. The van der Waals surface area contributed by atoms with Crippen LogP contribution in [-0.2, 0) is 30.7 Å². The molecule has 0 aliphatic heterocycles. The summed E-state index contributed by atoms with van der Waals surface area (Å²) in [5.41, 5.74) is 6.33. The number of nitrogens with one attached hydrogen (secondary N) is 1. The lowest BCUT2D eigenvalue weighted by Crippen LogP contribution is -2.26. The summed E-state index contributed by atoms with van der Waals surface area (Å²) in [6.07, 6.45) is 1.51. The topological polar surface area (TPSA) is 121 Å². The number of nitrogens with zero attached hydrogens (tertiary/aromatic N) is 5. The summed E-state index contributed by atoms with van der Waals surface area (Å²) in [4.78, 5) is 0. The van der Waals surface area contributed by atoms with Crippen molar-refractivity contribution in [1.82, 2.24) is 29.5 Å². The van der Waals surface area contributed by atoms with Gasteiger partial charge in [-0.15, -0.1) is 5.10 Å². The second-order valence-electron chi connectivity index (χ2n) is 3.81.